The van der Waals surface area contributed by atoms with Gasteiger partial charge in [0.15, 0.2) is 0 Å². The van der Waals surface area contributed by atoms with Gasteiger partial charge < -0.3 is 0 Å². The first-order valence-corrected chi connectivity index (χ1v) is 10.7. The average Bonchev–Trinajstić information content (AvgIpc) is 2.64. The molecule has 3 rings (SSSR count). The van der Waals surface area contributed by atoms with Crippen molar-refractivity contribution in [3.63, 3.8) is 0 Å². The van der Waals surface area contributed by atoms with Crippen molar-refractivity contribution in [2.75, 3.05) is 0 Å². The number of hydrogen-bond acceptors (Lipinski definition) is 2. The first kappa shape index (κ1) is 16.5. The van der Waals surface area contributed by atoms with Crippen molar-refractivity contribution >= 4 is 47.8 Å². The fraction of sp³-hybridized carbons (Fsp3) is 0. The molecule has 0 radical (unpaired) electrons. The zero-order valence-electron chi connectivity index (χ0n) is 12.6. The molecule has 0 heterocycles. The van der Waals surface area contributed by atoms with Gasteiger partial charge in [-0.3, -0.25) is 0 Å². The molecule has 0 fully saturated rings. The molecule has 0 aliphatic heterocycles. The monoisotopic (exact) mass is 440 g/mol. The molecular weight excluding hydrogens is 426 g/mol. The molecule has 0 saturated heterocycles. The van der Waals surface area contributed by atoms with Crippen LogP contribution in [0.5, 0.6) is 0 Å². The van der Waals surface area contributed by atoms with Crippen LogP contribution in [0.3, 0.4) is 0 Å². The maximum absolute atomic E-state index is 9.61. The molecule has 0 spiro atoms. The van der Waals surface area contributed by atoms with Gasteiger partial charge in [0.05, 0.1) is 0 Å². The molecule has 0 saturated carbocycles. The van der Waals surface area contributed by atoms with Crippen molar-refractivity contribution in [2.45, 2.75) is 0 Å². The zero-order valence-corrected chi connectivity index (χ0v) is 16.1. The van der Waals surface area contributed by atoms with Gasteiger partial charge in [0.1, 0.15) is 0 Å². The van der Waals surface area contributed by atoms with Crippen molar-refractivity contribution in [3.05, 3.63) is 83.9 Å². The third-order valence-corrected chi connectivity index (χ3v) is 7.78. The summed E-state index contributed by atoms with van der Waals surface area (Å²) in [6.45, 7) is 0. The first-order chi connectivity index (χ1) is 11.8. The molecule has 3 aromatic carbocycles. The van der Waals surface area contributed by atoms with E-state index in [1.54, 1.807) is 0 Å². The van der Waals surface area contributed by atoms with Crippen molar-refractivity contribution in [1.29, 1.82) is 10.5 Å². The molecule has 0 unspecified atom stereocenters. The van der Waals surface area contributed by atoms with E-state index in [0.717, 1.165) is 8.92 Å². The summed E-state index contributed by atoms with van der Waals surface area (Å²) >= 11 is 0.0480. The van der Waals surface area contributed by atoms with Crippen LogP contribution in [0.2, 0.25) is 0 Å². The molecule has 2 nitrogen and oxygen atoms in total. The van der Waals surface area contributed by atoms with E-state index in [9.17, 15) is 10.5 Å². The Balaban J connectivity index is 1.99. The topological polar surface area (TPSA) is 47.6 Å². The van der Waals surface area contributed by atoms with Gasteiger partial charge in [0.2, 0.25) is 0 Å². The number of hydrogen-bond donors (Lipinski definition) is 0. The second kappa shape index (κ2) is 7.98. The standard InChI is InChI=1S/C20H12N2Se2/c21-13-17-18(14-22)20(24-16-9-5-2-6-10-16)12-11-19(17)23-15-7-3-1-4-8-15/h1-12H. The van der Waals surface area contributed by atoms with E-state index in [1.165, 1.54) is 8.92 Å². The van der Waals surface area contributed by atoms with Crippen LogP contribution in [0.25, 0.3) is 0 Å². The Morgan fingerprint density at radius 1 is 0.542 bits per heavy atom. The second-order valence-electron chi connectivity index (χ2n) is 4.87. The summed E-state index contributed by atoms with van der Waals surface area (Å²) in [5.41, 5.74) is 1.08. The summed E-state index contributed by atoms with van der Waals surface area (Å²) in [4.78, 5) is 0. The van der Waals surface area contributed by atoms with Crippen molar-refractivity contribution < 1.29 is 0 Å². The summed E-state index contributed by atoms with van der Waals surface area (Å²) in [6.07, 6.45) is 0. The molecule has 4 heteroatoms. The summed E-state index contributed by atoms with van der Waals surface area (Å²) < 4.78 is 4.35. The normalized spacial score (nSPS) is 9.92. The van der Waals surface area contributed by atoms with E-state index in [0.29, 0.717) is 11.1 Å². The molecule has 24 heavy (non-hydrogen) atoms. The van der Waals surface area contributed by atoms with E-state index in [-0.39, 0.29) is 29.9 Å². The number of benzene rings is 3. The predicted molar refractivity (Wildman–Crippen MR) is 98.8 cm³/mol. The fourth-order valence-electron chi connectivity index (χ4n) is 2.19. The number of nitriles is 2. The van der Waals surface area contributed by atoms with Gasteiger partial charge in [-0.1, -0.05) is 0 Å². The third-order valence-electron chi connectivity index (χ3n) is 3.29. The zero-order chi connectivity index (χ0) is 16.8. The Kier molecular flexibility index (Phi) is 5.50. The number of rotatable bonds is 4. The third kappa shape index (κ3) is 3.77. The van der Waals surface area contributed by atoms with E-state index >= 15 is 0 Å². The molecular formula is C20H12N2Se2. The molecule has 0 bridgehead atoms. The number of nitrogens with zero attached hydrogens (tertiary/aromatic N) is 2. The molecule has 0 N–H and O–H groups in total. The van der Waals surface area contributed by atoms with Crippen LogP contribution in [-0.2, 0) is 0 Å². The summed E-state index contributed by atoms with van der Waals surface area (Å²) in [5.74, 6) is 0. The second-order valence-corrected chi connectivity index (χ2v) is 9.55. The molecule has 0 aromatic heterocycles. The van der Waals surface area contributed by atoms with E-state index < -0.39 is 0 Å². The van der Waals surface area contributed by atoms with E-state index in [4.69, 9.17) is 0 Å². The molecule has 0 atom stereocenters. The SMILES string of the molecule is N#Cc1c([Se]c2ccccc2)ccc([Se]c2ccccc2)c1C#N. The van der Waals surface area contributed by atoms with Crippen LogP contribution in [0.1, 0.15) is 11.1 Å². The minimum atomic E-state index is 0.0240. The molecule has 0 aliphatic rings. The van der Waals surface area contributed by atoms with Crippen molar-refractivity contribution in [2.24, 2.45) is 0 Å². The van der Waals surface area contributed by atoms with Gasteiger partial charge in [-0.05, 0) is 0 Å². The predicted octanol–water partition coefficient (Wildman–Crippen LogP) is 0.740. The summed E-state index contributed by atoms with van der Waals surface area (Å²) in [6, 6.07) is 28.8. The Hall–Kier alpha value is -2.32. The van der Waals surface area contributed by atoms with Gasteiger partial charge in [0, 0.05) is 0 Å². The van der Waals surface area contributed by atoms with E-state index in [1.807, 2.05) is 48.5 Å². The van der Waals surface area contributed by atoms with E-state index in [2.05, 4.69) is 36.4 Å². The molecule has 114 valence electrons. The van der Waals surface area contributed by atoms with Gasteiger partial charge in [-0.25, -0.2) is 0 Å². The quantitative estimate of drug-likeness (QED) is 0.565. The Morgan fingerprint density at radius 2 is 0.917 bits per heavy atom. The van der Waals surface area contributed by atoms with Crippen molar-refractivity contribution in [3.8, 4) is 12.1 Å². The van der Waals surface area contributed by atoms with Gasteiger partial charge in [-0.2, -0.15) is 0 Å². The van der Waals surface area contributed by atoms with Crippen molar-refractivity contribution in [1.82, 2.24) is 0 Å². The molecule has 0 amide bonds. The van der Waals surface area contributed by atoms with Gasteiger partial charge in [0.25, 0.3) is 0 Å². The van der Waals surface area contributed by atoms with Gasteiger partial charge >= 0.3 is 154 Å². The van der Waals surface area contributed by atoms with Crippen LogP contribution < -0.4 is 17.8 Å². The fourth-order valence-corrected chi connectivity index (χ4v) is 6.10. The molecule has 0 aliphatic carbocycles. The average molecular weight is 438 g/mol. The maximum atomic E-state index is 9.61. The first-order valence-electron chi connectivity index (χ1n) is 7.25. The Labute approximate surface area is 154 Å². The summed E-state index contributed by atoms with van der Waals surface area (Å²) in [7, 11) is 0. The van der Waals surface area contributed by atoms with Crippen LogP contribution in [0.4, 0.5) is 0 Å². The molecule has 3 aromatic rings. The minimum absolute atomic E-state index is 0.0240. The Morgan fingerprint density at radius 3 is 1.25 bits per heavy atom. The Bertz CT molecular complexity index is 845. The van der Waals surface area contributed by atoms with Crippen LogP contribution in [0, 0.1) is 22.7 Å². The summed E-state index contributed by atoms with van der Waals surface area (Å²) in [5, 5.41) is 19.2. The van der Waals surface area contributed by atoms with Crippen LogP contribution in [-0.4, -0.2) is 29.9 Å². The van der Waals surface area contributed by atoms with Gasteiger partial charge in [-0.15, -0.1) is 0 Å². The van der Waals surface area contributed by atoms with Crippen LogP contribution in [0.15, 0.2) is 72.8 Å². The van der Waals surface area contributed by atoms with Crippen LogP contribution >= 0.6 is 0 Å².